The molecular formula is C26H28F6N2O4. The van der Waals surface area contributed by atoms with E-state index in [0.29, 0.717) is 13.1 Å². The van der Waals surface area contributed by atoms with Crippen LogP contribution in [-0.2, 0) is 12.4 Å². The van der Waals surface area contributed by atoms with Crippen LogP contribution in [0.1, 0.15) is 83.1 Å². The molecule has 2 N–H and O–H groups in total. The van der Waals surface area contributed by atoms with Crippen LogP contribution in [0.2, 0.25) is 0 Å². The van der Waals surface area contributed by atoms with Crippen molar-refractivity contribution in [2.75, 3.05) is 13.1 Å². The normalized spacial score (nSPS) is 19.2. The van der Waals surface area contributed by atoms with Crippen molar-refractivity contribution in [2.24, 2.45) is 11.8 Å². The van der Waals surface area contributed by atoms with Gasteiger partial charge in [-0.3, -0.25) is 9.59 Å². The Morgan fingerprint density at radius 2 is 1.11 bits per heavy atom. The van der Waals surface area contributed by atoms with E-state index in [4.69, 9.17) is 0 Å². The summed E-state index contributed by atoms with van der Waals surface area (Å²) in [5, 5.41) is 20.0. The third-order valence-electron chi connectivity index (χ3n) is 6.01. The van der Waals surface area contributed by atoms with Crippen LogP contribution in [0, 0.1) is 11.8 Å². The fourth-order valence-electron chi connectivity index (χ4n) is 4.31. The highest BCUT2D eigenvalue weighted by molar-refractivity contribution is 5.99. The van der Waals surface area contributed by atoms with Gasteiger partial charge >= 0.3 is 12.4 Å². The summed E-state index contributed by atoms with van der Waals surface area (Å²) < 4.78 is 75.6. The number of alkyl halides is 6. The van der Waals surface area contributed by atoms with E-state index >= 15 is 0 Å². The van der Waals surface area contributed by atoms with Gasteiger partial charge in [0.1, 0.15) is 0 Å². The average molecular weight is 547 g/mol. The fourth-order valence-corrected chi connectivity index (χ4v) is 4.31. The fraction of sp³-hybridized carbons (Fsp3) is 0.462. The summed E-state index contributed by atoms with van der Waals surface area (Å²) in [6, 6.07) is 5.70. The molecule has 2 aliphatic heterocycles. The van der Waals surface area contributed by atoms with E-state index < -0.39 is 47.7 Å². The third kappa shape index (κ3) is 5.96. The Balaban J connectivity index is 0.000000211. The summed E-state index contributed by atoms with van der Waals surface area (Å²) >= 11 is 0. The maximum atomic E-state index is 12.6. The number of hydrogen-bond donors (Lipinski definition) is 2. The number of benzene rings is 2. The second kappa shape index (κ2) is 10.6. The quantitative estimate of drug-likeness (QED) is 0.488. The number of nitrogens with zero attached hydrogens (tertiary/aromatic N) is 2. The van der Waals surface area contributed by atoms with Crippen molar-refractivity contribution < 1.29 is 46.1 Å². The number of halogens is 6. The first-order valence-corrected chi connectivity index (χ1v) is 11.8. The highest BCUT2D eigenvalue weighted by Gasteiger charge is 2.40. The van der Waals surface area contributed by atoms with E-state index in [9.17, 15) is 46.1 Å². The minimum atomic E-state index is -4.49. The lowest BCUT2D eigenvalue weighted by Gasteiger charge is -2.22. The molecule has 2 heterocycles. The summed E-state index contributed by atoms with van der Waals surface area (Å²) in [6.07, 6.45) is -11.4. The van der Waals surface area contributed by atoms with E-state index in [1.165, 1.54) is 15.9 Å². The maximum Gasteiger partial charge on any atom is 0.416 e. The topological polar surface area (TPSA) is 81.1 Å². The first kappa shape index (κ1) is 29.4. The standard InChI is InChI=1S/2C13H14F3NO2/c2*1-7(2)6-17-11(18)9-4-3-8(13(14,15)16)5-10(9)12(17)19/h3-5,7,12,19H,6H2,1-2H3;3-5,7,11,18H,6H2,1-2H3. The molecule has 0 aromatic heterocycles. The van der Waals surface area contributed by atoms with E-state index in [1.54, 1.807) is 0 Å². The molecule has 4 rings (SSSR count). The lowest BCUT2D eigenvalue weighted by Crippen LogP contribution is -2.31. The van der Waals surface area contributed by atoms with Crippen LogP contribution < -0.4 is 0 Å². The van der Waals surface area contributed by atoms with Crippen molar-refractivity contribution in [3.63, 3.8) is 0 Å². The van der Waals surface area contributed by atoms with Gasteiger partial charge in [0.05, 0.1) is 11.1 Å². The predicted octanol–water partition coefficient (Wildman–Crippen LogP) is 5.62. The Morgan fingerprint density at radius 3 is 1.58 bits per heavy atom. The highest BCUT2D eigenvalue weighted by atomic mass is 19.4. The largest absolute Gasteiger partial charge is 0.416 e. The molecule has 2 amide bonds. The Morgan fingerprint density at radius 1 is 0.684 bits per heavy atom. The Kier molecular flexibility index (Phi) is 8.18. The molecule has 12 heteroatoms. The number of aliphatic hydroxyl groups excluding tert-OH is 2. The molecule has 0 radical (unpaired) electrons. The van der Waals surface area contributed by atoms with Gasteiger partial charge in [0.2, 0.25) is 0 Å². The van der Waals surface area contributed by atoms with Crippen LogP contribution in [0.3, 0.4) is 0 Å². The van der Waals surface area contributed by atoms with Crippen molar-refractivity contribution >= 4 is 11.8 Å². The van der Waals surface area contributed by atoms with Gasteiger partial charge in [0.25, 0.3) is 11.8 Å². The molecule has 0 fully saturated rings. The third-order valence-corrected chi connectivity index (χ3v) is 6.01. The van der Waals surface area contributed by atoms with Gasteiger partial charge in [-0.15, -0.1) is 0 Å². The van der Waals surface area contributed by atoms with E-state index in [1.807, 2.05) is 27.7 Å². The Hall–Kier alpha value is -3.12. The van der Waals surface area contributed by atoms with Crippen molar-refractivity contribution in [1.82, 2.24) is 9.80 Å². The molecule has 0 saturated carbocycles. The van der Waals surface area contributed by atoms with Crippen LogP contribution in [0.15, 0.2) is 36.4 Å². The molecule has 2 atom stereocenters. The smallest absolute Gasteiger partial charge is 0.369 e. The summed E-state index contributed by atoms with van der Waals surface area (Å²) in [7, 11) is 0. The predicted molar refractivity (Wildman–Crippen MR) is 125 cm³/mol. The van der Waals surface area contributed by atoms with Gasteiger partial charge < -0.3 is 20.0 Å². The zero-order chi connectivity index (χ0) is 28.7. The number of fused-ring (bicyclic) bond motifs is 2. The summed E-state index contributed by atoms with van der Waals surface area (Å²) in [4.78, 5) is 26.4. The van der Waals surface area contributed by atoms with Crippen LogP contribution in [-0.4, -0.2) is 44.9 Å². The Labute approximate surface area is 215 Å². The van der Waals surface area contributed by atoms with Gasteiger partial charge in [0, 0.05) is 35.3 Å². The first-order valence-electron chi connectivity index (χ1n) is 11.8. The highest BCUT2D eigenvalue weighted by Crippen LogP contribution is 2.38. The lowest BCUT2D eigenvalue weighted by molar-refractivity contribution is -0.138. The molecule has 6 nitrogen and oxygen atoms in total. The van der Waals surface area contributed by atoms with Crippen LogP contribution in [0.5, 0.6) is 0 Å². The molecule has 0 bridgehead atoms. The monoisotopic (exact) mass is 546 g/mol. The lowest BCUT2D eigenvalue weighted by atomic mass is 10.1. The summed E-state index contributed by atoms with van der Waals surface area (Å²) in [6.45, 7) is 8.06. The van der Waals surface area contributed by atoms with Crippen molar-refractivity contribution in [3.8, 4) is 0 Å². The van der Waals surface area contributed by atoms with Crippen molar-refractivity contribution in [2.45, 2.75) is 52.5 Å². The van der Waals surface area contributed by atoms with Crippen LogP contribution >= 0.6 is 0 Å². The molecule has 2 aromatic rings. The maximum absolute atomic E-state index is 12.6. The number of carbonyl (C=O) groups excluding carboxylic acids is 2. The van der Waals surface area contributed by atoms with Gasteiger partial charge in [-0.2, -0.15) is 26.3 Å². The zero-order valence-corrected chi connectivity index (χ0v) is 21.1. The summed E-state index contributed by atoms with van der Waals surface area (Å²) in [5.41, 5.74) is -1.40. The van der Waals surface area contributed by atoms with E-state index in [-0.39, 0.29) is 34.1 Å². The number of carbonyl (C=O) groups is 2. The molecule has 2 aliphatic rings. The minimum absolute atomic E-state index is 0.0282. The second-order valence-corrected chi connectivity index (χ2v) is 10.0. The van der Waals surface area contributed by atoms with E-state index in [2.05, 4.69) is 0 Å². The SMILES string of the molecule is CC(C)CN1C(=O)c2cc(C(F)(F)F)ccc2C1O.CC(C)CN1C(=O)c2ccc(C(F)(F)F)cc2C1O. The van der Waals surface area contributed by atoms with Crippen LogP contribution in [0.25, 0.3) is 0 Å². The summed E-state index contributed by atoms with van der Waals surface area (Å²) in [5.74, 6) is -0.739. The first-order chi connectivity index (χ1) is 17.4. The van der Waals surface area contributed by atoms with Crippen molar-refractivity contribution in [1.29, 1.82) is 0 Å². The Bertz CT molecular complexity index is 1200. The molecule has 2 aromatic carbocycles. The van der Waals surface area contributed by atoms with Gasteiger partial charge in [-0.25, -0.2) is 0 Å². The van der Waals surface area contributed by atoms with Gasteiger partial charge in [0.15, 0.2) is 12.5 Å². The van der Waals surface area contributed by atoms with Gasteiger partial charge in [-0.05, 0) is 42.2 Å². The number of rotatable bonds is 4. The zero-order valence-electron chi connectivity index (χ0n) is 21.1. The molecule has 0 aliphatic carbocycles. The molecule has 38 heavy (non-hydrogen) atoms. The molecule has 2 unspecified atom stereocenters. The molecule has 0 saturated heterocycles. The average Bonchev–Trinajstić information content (AvgIpc) is 3.18. The van der Waals surface area contributed by atoms with E-state index in [0.717, 1.165) is 30.3 Å². The van der Waals surface area contributed by atoms with Crippen LogP contribution in [0.4, 0.5) is 26.3 Å². The van der Waals surface area contributed by atoms with Crippen molar-refractivity contribution in [3.05, 3.63) is 69.8 Å². The number of amides is 2. The minimum Gasteiger partial charge on any atom is -0.369 e. The van der Waals surface area contributed by atoms with Gasteiger partial charge in [-0.1, -0.05) is 33.8 Å². The molecule has 208 valence electrons. The molecular weight excluding hydrogens is 518 g/mol. The second-order valence-electron chi connectivity index (χ2n) is 10.0. The number of aliphatic hydroxyl groups is 2. The number of hydrogen-bond acceptors (Lipinski definition) is 4. The molecule has 0 spiro atoms.